The Morgan fingerprint density at radius 3 is 2.19 bits per heavy atom. The van der Waals surface area contributed by atoms with Gasteiger partial charge in [-0.3, -0.25) is 0 Å². The molecule has 0 unspecified atom stereocenters. The topological polar surface area (TPSA) is 75.6 Å². The Kier molecular flexibility index (Phi) is 4.68. The Morgan fingerprint density at radius 2 is 1.69 bits per heavy atom. The molecular weight excluding hydrogens is 330 g/mol. The number of carboxylic acid groups (broad SMARTS) is 1. The van der Waals surface area contributed by atoms with Gasteiger partial charge < -0.3 is 15.2 Å². The lowest BCUT2D eigenvalue weighted by molar-refractivity contribution is -0.143. The molecule has 0 aromatic heterocycles. The monoisotopic (exact) mass is 349 g/mol. The molecular formula is C21H19NO4. The van der Waals surface area contributed by atoms with Gasteiger partial charge in [0.15, 0.2) is 0 Å². The van der Waals surface area contributed by atoms with Crippen molar-refractivity contribution in [2.75, 3.05) is 6.61 Å². The number of hydrogen-bond donors (Lipinski definition) is 2. The first-order valence-corrected chi connectivity index (χ1v) is 8.26. The van der Waals surface area contributed by atoms with Gasteiger partial charge in [0.1, 0.15) is 12.1 Å². The van der Waals surface area contributed by atoms with Crippen molar-refractivity contribution in [1.82, 2.24) is 5.32 Å². The molecule has 2 N–H and O–H groups in total. The molecule has 5 nitrogen and oxygen atoms in total. The van der Waals surface area contributed by atoms with E-state index in [2.05, 4.69) is 11.2 Å². The van der Waals surface area contributed by atoms with Crippen LogP contribution in [0.5, 0.6) is 0 Å². The number of carboxylic acids is 1. The zero-order chi connectivity index (χ0) is 18.7. The summed E-state index contributed by atoms with van der Waals surface area (Å²) in [5, 5.41) is 11.6. The van der Waals surface area contributed by atoms with Crippen molar-refractivity contribution in [3.8, 4) is 23.5 Å². The van der Waals surface area contributed by atoms with Gasteiger partial charge in [-0.2, -0.15) is 0 Å². The van der Waals surface area contributed by atoms with Crippen LogP contribution in [0, 0.1) is 12.3 Å². The summed E-state index contributed by atoms with van der Waals surface area (Å²) in [4.78, 5) is 23.5. The van der Waals surface area contributed by atoms with Crippen LogP contribution in [0.25, 0.3) is 11.1 Å². The molecule has 2 aromatic carbocycles. The number of benzene rings is 2. The van der Waals surface area contributed by atoms with Gasteiger partial charge in [-0.1, -0.05) is 48.5 Å². The lowest BCUT2D eigenvalue weighted by atomic mass is 9.98. The van der Waals surface area contributed by atoms with Crippen LogP contribution in [0.1, 0.15) is 30.4 Å². The van der Waals surface area contributed by atoms with Gasteiger partial charge in [0.25, 0.3) is 0 Å². The average Bonchev–Trinajstić information content (AvgIpc) is 2.94. The number of aliphatic carboxylic acids is 1. The van der Waals surface area contributed by atoms with E-state index in [0.717, 1.165) is 22.3 Å². The number of fused-ring (bicyclic) bond motifs is 3. The predicted octanol–water partition coefficient (Wildman–Crippen LogP) is 3.39. The van der Waals surface area contributed by atoms with E-state index in [0.29, 0.717) is 0 Å². The molecule has 132 valence electrons. The molecule has 1 aliphatic carbocycles. The van der Waals surface area contributed by atoms with Crippen molar-refractivity contribution in [2.45, 2.75) is 24.8 Å². The number of carbonyl (C=O) groups is 2. The van der Waals surface area contributed by atoms with Crippen LogP contribution in [0.3, 0.4) is 0 Å². The van der Waals surface area contributed by atoms with E-state index in [-0.39, 0.29) is 18.9 Å². The van der Waals surface area contributed by atoms with Crippen molar-refractivity contribution in [3.05, 3.63) is 59.7 Å². The summed E-state index contributed by atoms with van der Waals surface area (Å²) in [7, 11) is 0. The highest BCUT2D eigenvalue weighted by Crippen LogP contribution is 2.44. The van der Waals surface area contributed by atoms with E-state index in [1.807, 2.05) is 48.5 Å². The molecule has 0 bridgehead atoms. The molecule has 0 heterocycles. The summed E-state index contributed by atoms with van der Waals surface area (Å²) < 4.78 is 5.35. The van der Waals surface area contributed by atoms with E-state index < -0.39 is 17.6 Å². The second-order valence-corrected chi connectivity index (χ2v) is 6.47. The molecule has 26 heavy (non-hydrogen) atoms. The zero-order valence-electron chi connectivity index (χ0n) is 14.4. The third-order valence-corrected chi connectivity index (χ3v) is 4.65. The Balaban J connectivity index is 1.75. The summed E-state index contributed by atoms with van der Waals surface area (Å²) in [5.74, 6) is 0.976. The third kappa shape index (κ3) is 3.14. The molecule has 1 amide bonds. The minimum atomic E-state index is -1.56. The number of ether oxygens (including phenoxy) is 1. The van der Waals surface area contributed by atoms with Crippen LogP contribution in [0.4, 0.5) is 4.79 Å². The van der Waals surface area contributed by atoms with Crippen LogP contribution in [-0.2, 0) is 9.53 Å². The van der Waals surface area contributed by atoms with Crippen molar-refractivity contribution < 1.29 is 19.4 Å². The minimum absolute atomic E-state index is 0.0862. The van der Waals surface area contributed by atoms with Crippen LogP contribution in [0.2, 0.25) is 0 Å². The highest BCUT2D eigenvalue weighted by atomic mass is 16.5. The van der Waals surface area contributed by atoms with Gasteiger partial charge >= 0.3 is 12.1 Å². The quantitative estimate of drug-likeness (QED) is 0.812. The normalized spacial score (nSPS) is 14.5. The fraction of sp³-hybridized carbons (Fsp3) is 0.238. The molecule has 1 atom stereocenters. The van der Waals surface area contributed by atoms with Crippen LogP contribution < -0.4 is 5.32 Å². The lowest BCUT2D eigenvalue weighted by Crippen LogP contribution is -2.52. The largest absolute Gasteiger partial charge is 0.479 e. The maximum Gasteiger partial charge on any atom is 0.408 e. The van der Waals surface area contributed by atoms with E-state index in [4.69, 9.17) is 11.2 Å². The van der Waals surface area contributed by atoms with Gasteiger partial charge in [-0.15, -0.1) is 12.3 Å². The number of terminal acetylenes is 1. The van der Waals surface area contributed by atoms with Crippen molar-refractivity contribution in [1.29, 1.82) is 0 Å². The van der Waals surface area contributed by atoms with E-state index >= 15 is 0 Å². The standard InChI is InChI=1S/C21H19NO4/c1-3-12-21(2,19(23)24)22-20(25)26-13-18-16-10-6-4-8-14(16)15-9-5-7-11-17(15)18/h1,4-11,18H,12-13H2,2H3,(H,22,25)(H,23,24)/t21-/m1/s1. The maximum absolute atomic E-state index is 12.2. The Bertz CT molecular complexity index is 853. The summed E-state index contributed by atoms with van der Waals surface area (Å²) >= 11 is 0. The SMILES string of the molecule is C#CC[C@@](C)(NC(=O)OCC1c2ccccc2-c2ccccc21)C(=O)O. The van der Waals surface area contributed by atoms with Crippen LogP contribution >= 0.6 is 0 Å². The number of nitrogens with one attached hydrogen (secondary N) is 1. The first kappa shape index (κ1) is 17.6. The Hall–Kier alpha value is -3.26. The van der Waals surface area contributed by atoms with Crippen molar-refractivity contribution >= 4 is 12.1 Å². The number of alkyl carbamates (subject to hydrolysis) is 1. The molecule has 0 fully saturated rings. The fourth-order valence-corrected chi connectivity index (χ4v) is 3.24. The number of hydrogen-bond acceptors (Lipinski definition) is 3. The molecule has 1 aliphatic rings. The van der Waals surface area contributed by atoms with E-state index in [1.165, 1.54) is 6.92 Å². The molecule has 5 heteroatoms. The smallest absolute Gasteiger partial charge is 0.408 e. The van der Waals surface area contributed by atoms with Gasteiger partial charge in [0.05, 0.1) is 0 Å². The van der Waals surface area contributed by atoms with Gasteiger partial charge in [0.2, 0.25) is 0 Å². The van der Waals surface area contributed by atoms with Crippen LogP contribution in [-0.4, -0.2) is 29.3 Å². The van der Waals surface area contributed by atoms with Gasteiger partial charge in [-0.05, 0) is 29.2 Å². The highest BCUT2D eigenvalue weighted by Gasteiger charge is 2.35. The minimum Gasteiger partial charge on any atom is -0.479 e. The lowest BCUT2D eigenvalue weighted by Gasteiger charge is -2.24. The number of rotatable bonds is 5. The zero-order valence-corrected chi connectivity index (χ0v) is 14.4. The molecule has 0 aliphatic heterocycles. The maximum atomic E-state index is 12.2. The summed E-state index contributed by atoms with van der Waals surface area (Å²) in [6, 6.07) is 16.0. The summed E-state index contributed by atoms with van der Waals surface area (Å²) in [6.07, 6.45) is 4.27. The summed E-state index contributed by atoms with van der Waals surface area (Å²) in [5.41, 5.74) is 2.87. The third-order valence-electron chi connectivity index (χ3n) is 4.65. The first-order valence-electron chi connectivity index (χ1n) is 8.26. The highest BCUT2D eigenvalue weighted by molar-refractivity contribution is 5.84. The number of amides is 1. The predicted molar refractivity (Wildman–Crippen MR) is 97.7 cm³/mol. The average molecular weight is 349 g/mol. The van der Waals surface area contributed by atoms with Gasteiger partial charge in [-0.25, -0.2) is 9.59 Å². The summed E-state index contributed by atoms with van der Waals surface area (Å²) in [6.45, 7) is 1.47. The molecule has 0 spiro atoms. The van der Waals surface area contributed by atoms with E-state index in [9.17, 15) is 14.7 Å². The molecule has 3 rings (SSSR count). The Morgan fingerprint density at radius 1 is 1.15 bits per heavy atom. The molecule has 0 saturated carbocycles. The van der Waals surface area contributed by atoms with Gasteiger partial charge in [0, 0.05) is 12.3 Å². The first-order chi connectivity index (χ1) is 12.5. The molecule has 2 aromatic rings. The van der Waals surface area contributed by atoms with Crippen molar-refractivity contribution in [3.63, 3.8) is 0 Å². The van der Waals surface area contributed by atoms with Crippen molar-refractivity contribution in [2.24, 2.45) is 0 Å². The second-order valence-electron chi connectivity index (χ2n) is 6.47. The van der Waals surface area contributed by atoms with Crippen LogP contribution in [0.15, 0.2) is 48.5 Å². The number of carbonyl (C=O) groups excluding carboxylic acids is 1. The molecule has 0 radical (unpaired) electrons. The second kappa shape index (κ2) is 6.93. The van der Waals surface area contributed by atoms with E-state index in [1.54, 1.807) is 0 Å². The molecule has 0 saturated heterocycles. The fourth-order valence-electron chi connectivity index (χ4n) is 3.24. The Labute approximate surface area is 152 Å².